The van der Waals surface area contributed by atoms with Crippen molar-refractivity contribution in [2.24, 2.45) is 0 Å². The van der Waals surface area contributed by atoms with Crippen molar-refractivity contribution in [2.45, 2.75) is 33.8 Å². The Bertz CT molecular complexity index is 1250. The molecule has 0 bridgehead atoms. The van der Waals surface area contributed by atoms with E-state index in [0.29, 0.717) is 27.5 Å². The molecule has 1 N–H and O–H groups in total. The lowest BCUT2D eigenvalue weighted by Crippen LogP contribution is -2.32. The van der Waals surface area contributed by atoms with Crippen molar-refractivity contribution in [1.82, 2.24) is 0 Å². The van der Waals surface area contributed by atoms with Crippen LogP contribution in [0.15, 0.2) is 72.4 Å². The Balaban J connectivity index is 1.75. The maximum Gasteiger partial charge on any atom is 0.282 e. The monoisotopic (exact) mass is 460 g/mol. The molecule has 0 saturated carbocycles. The van der Waals surface area contributed by atoms with Gasteiger partial charge in [-0.25, -0.2) is 4.90 Å². The maximum atomic E-state index is 13.5. The molecule has 0 fully saturated rings. The van der Waals surface area contributed by atoms with Gasteiger partial charge in [0.2, 0.25) is 0 Å². The second kappa shape index (κ2) is 9.12. The summed E-state index contributed by atoms with van der Waals surface area (Å²) in [6.07, 6.45) is 0.0589. The van der Waals surface area contributed by atoms with Crippen molar-refractivity contribution in [3.05, 3.63) is 94.1 Å². The lowest BCUT2D eigenvalue weighted by atomic mass is 10.0. The van der Waals surface area contributed by atoms with Crippen LogP contribution in [0, 0.1) is 13.8 Å². The zero-order chi connectivity index (χ0) is 23.7. The van der Waals surface area contributed by atoms with Crippen LogP contribution in [-0.4, -0.2) is 17.9 Å². The summed E-state index contributed by atoms with van der Waals surface area (Å²) in [6.45, 7) is 7.86. The number of benzene rings is 3. The Hall–Kier alpha value is -3.57. The number of rotatable bonds is 6. The van der Waals surface area contributed by atoms with Gasteiger partial charge < -0.3 is 10.1 Å². The van der Waals surface area contributed by atoms with Gasteiger partial charge in [0.15, 0.2) is 0 Å². The molecule has 4 rings (SSSR count). The highest BCUT2D eigenvalue weighted by molar-refractivity contribution is 6.46. The van der Waals surface area contributed by atoms with E-state index in [1.165, 1.54) is 4.90 Å². The number of aryl methyl sites for hydroxylation is 2. The number of carbonyl (C=O) groups excluding carboxylic acids is 2. The Labute approximate surface area is 198 Å². The topological polar surface area (TPSA) is 58.6 Å². The third-order valence-electron chi connectivity index (χ3n) is 5.46. The van der Waals surface area contributed by atoms with Crippen LogP contribution in [0.4, 0.5) is 11.4 Å². The fourth-order valence-corrected chi connectivity index (χ4v) is 3.79. The highest BCUT2D eigenvalue weighted by Gasteiger charge is 2.40. The van der Waals surface area contributed by atoms with Crippen LogP contribution in [0.1, 0.15) is 30.5 Å². The minimum absolute atomic E-state index is 0.0589. The lowest BCUT2D eigenvalue weighted by Gasteiger charge is -2.17. The molecule has 3 aromatic carbocycles. The van der Waals surface area contributed by atoms with Crippen LogP contribution in [0.25, 0.3) is 5.57 Å². The number of hydrogen-bond donors (Lipinski definition) is 1. The largest absolute Gasteiger partial charge is 0.491 e. The van der Waals surface area contributed by atoms with Crippen molar-refractivity contribution in [2.75, 3.05) is 10.2 Å². The first-order valence-corrected chi connectivity index (χ1v) is 11.1. The smallest absolute Gasteiger partial charge is 0.282 e. The van der Waals surface area contributed by atoms with Crippen molar-refractivity contribution in [3.8, 4) is 5.75 Å². The Morgan fingerprint density at radius 2 is 1.52 bits per heavy atom. The number of imide groups is 1. The second-order valence-corrected chi connectivity index (χ2v) is 8.72. The standard InChI is InChI=1S/C27H25ClN2O3/c1-16(2)33-23-13-10-21(11-14-23)29-25-24(19-6-8-20(28)9-7-19)26(31)30(27(25)32)22-12-5-17(3)18(4)15-22/h5-16,29H,1-4H3. The van der Waals surface area contributed by atoms with Gasteiger partial charge in [-0.15, -0.1) is 0 Å². The van der Waals surface area contributed by atoms with E-state index in [2.05, 4.69) is 5.32 Å². The van der Waals surface area contributed by atoms with E-state index in [1.54, 1.807) is 30.3 Å². The summed E-state index contributed by atoms with van der Waals surface area (Å²) in [4.78, 5) is 28.3. The van der Waals surface area contributed by atoms with Crippen molar-refractivity contribution in [3.63, 3.8) is 0 Å². The summed E-state index contributed by atoms with van der Waals surface area (Å²) in [5.41, 5.74) is 4.45. The Kier molecular flexibility index (Phi) is 6.25. The van der Waals surface area contributed by atoms with E-state index < -0.39 is 5.91 Å². The van der Waals surface area contributed by atoms with E-state index in [0.717, 1.165) is 16.9 Å². The van der Waals surface area contributed by atoms with Crippen LogP contribution >= 0.6 is 11.6 Å². The molecule has 6 heteroatoms. The highest BCUT2D eigenvalue weighted by Crippen LogP contribution is 2.35. The minimum Gasteiger partial charge on any atom is -0.491 e. The third kappa shape index (κ3) is 4.64. The van der Waals surface area contributed by atoms with E-state index >= 15 is 0 Å². The van der Waals surface area contributed by atoms with Gasteiger partial charge in [-0.1, -0.05) is 29.8 Å². The number of halogens is 1. The quantitative estimate of drug-likeness (QED) is 0.449. The van der Waals surface area contributed by atoms with Crippen LogP contribution in [0.5, 0.6) is 5.75 Å². The summed E-state index contributed by atoms with van der Waals surface area (Å²) in [7, 11) is 0. The SMILES string of the molecule is Cc1ccc(N2C(=O)C(Nc3ccc(OC(C)C)cc3)=C(c3ccc(Cl)cc3)C2=O)cc1C. The number of anilines is 2. The molecule has 2 amide bonds. The minimum atomic E-state index is -0.407. The molecular weight excluding hydrogens is 436 g/mol. The average Bonchev–Trinajstić information content (AvgIpc) is 3.01. The molecule has 0 unspecified atom stereocenters. The van der Waals surface area contributed by atoms with Gasteiger partial charge in [0.25, 0.3) is 11.8 Å². The number of ether oxygens (including phenoxy) is 1. The molecule has 5 nitrogen and oxygen atoms in total. The molecule has 3 aromatic rings. The zero-order valence-corrected chi connectivity index (χ0v) is 19.7. The van der Waals surface area contributed by atoms with Gasteiger partial charge in [-0.2, -0.15) is 0 Å². The summed E-state index contributed by atoms with van der Waals surface area (Å²) in [5, 5.41) is 3.72. The first kappa shape index (κ1) is 22.6. The highest BCUT2D eigenvalue weighted by atomic mass is 35.5. The summed E-state index contributed by atoms with van der Waals surface area (Å²) < 4.78 is 5.69. The van der Waals surface area contributed by atoms with Crippen molar-refractivity contribution in [1.29, 1.82) is 0 Å². The molecule has 0 aliphatic carbocycles. The fourth-order valence-electron chi connectivity index (χ4n) is 3.66. The summed E-state index contributed by atoms with van der Waals surface area (Å²) >= 11 is 6.05. The van der Waals surface area contributed by atoms with E-state index in [9.17, 15) is 9.59 Å². The molecule has 1 aliphatic heterocycles. The predicted molar refractivity (Wildman–Crippen MR) is 133 cm³/mol. The van der Waals surface area contributed by atoms with Gasteiger partial charge in [0.05, 0.1) is 17.4 Å². The Morgan fingerprint density at radius 3 is 2.12 bits per heavy atom. The van der Waals surface area contributed by atoms with E-state index in [-0.39, 0.29) is 17.7 Å². The van der Waals surface area contributed by atoms with E-state index in [1.807, 2.05) is 64.1 Å². The number of carbonyl (C=O) groups is 2. The Morgan fingerprint density at radius 1 is 0.848 bits per heavy atom. The number of amides is 2. The van der Waals surface area contributed by atoms with Gasteiger partial charge in [-0.05, 0) is 92.9 Å². The molecule has 33 heavy (non-hydrogen) atoms. The van der Waals surface area contributed by atoms with Crippen LogP contribution in [0.2, 0.25) is 5.02 Å². The van der Waals surface area contributed by atoms with Gasteiger partial charge in [0, 0.05) is 10.7 Å². The normalized spacial score (nSPS) is 13.8. The molecule has 0 atom stereocenters. The third-order valence-corrected chi connectivity index (χ3v) is 5.71. The molecule has 0 saturated heterocycles. The number of hydrogen-bond acceptors (Lipinski definition) is 4. The van der Waals surface area contributed by atoms with E-state index in [4.69, 9.17) is 16.3 Å². The van der Waals surface area contributed by atoms with Crippen LogP contribution in [0.3, 0.4) is 0 Å². The molecule has 168 valence electrons. The van der Waals surface area contributed by atoms with Gasteiger partial charge >= 0.3 is 0 Å². The van der Waals surface area contributed by atoms with Crippen molar-refractivity contribution < 1.29 is 14.3 Å². The second-order valence-electron chi connectivity index (χ2n) is 8.29. The lowest BCUT2D eigenvalue weighted by molar-refractivity contribution is -0.120. The van der Waals surface area contributed by atoms with Gasteiger partial charge in [0.1, 0.15) is 11.4 Å². The first-order chi connectivity index (χ1) is 15.7. The molecule has 0 aromatic heterocycles. The molecule has 1 heterocycles. The van der Waals surface area contributed by atoms with Gasteiger partial charge in [-0.3, -0.25) is 9.59 Å². The molecular formula is C27H25ClN2O3. The summed E-state index contributed by atoms with van der Waals surface area (Å²) in [6, 6.07) is 19.7. The number of nitrogens with one attached hydrogen (secondary N) is 1. The van der Waals surface area contributed by atoms with Crippen LogP contribution in [-0.2, 0) is 9.59 Å². The number of nitrogens with zero attached hydrogens (tertiary/aromatic N) is 1. The zero-order valence-electron chi connectivity index (χ0n) is 19.0. The maximum absolute atomic E-state index is 13.5. The molecule has 0 radical (unpaired) electrons. The fraction of sp³-hybridized carbons (Fsp3) is 0.185. The molecule has 1 aliphatic rings. The predicted octanol–water partition coefficient (Wildman–Crippen LogP) is 6.14. The van der Waals surface area contributed by atoms with Crippen LogP contribution < -0.4 is 15.0 Å². The first-order valence-electron chi connectivity index (χ1n) is 10.7. The van der Waals surface area contributed by atoms with Crippen molar-refractivity contribution >= 4 is 40.4 Å². The summed E-state index contributed by atoms with van der Waals surface area (Å²) in [5.74, 6) is -0.0587. The average molecular weight is 461 g/mol. The molecule has 0 spiro atoms.